The predicted octanol–water partition coefficient (Wildman–Crippen LogP) is 3.09. The second kappa shape index (κ2) is 9.39. The van der Waals surface area contributed by atoms with Gasteiger partial charge in [-0.15, -0.1) is 0 Å². The molecule has 6 nitrogen and oxygen atoms in total. The molecule has 2 aromatic carbocycles. The molecule has 27 heavy (non-hydrogen) atoms. The number of halogens is 1. The average molecular weight is 391 g/mol. The summed E-state index contributed by atoms with van der Waals surface area (Å²) in [5, 5.41) is 3.32. The van der Waals surface area contributed by atoms with E-state index in [0.29, 0.717) is 40.6 Å². The van der Waals surface area contributed by atoms with Crippen LogP contribution in [0.3, 0.4) is 0 Å². The number of methoxy groups -OCH3 is 2. The van der Waals surface area contributed by atoms with Crippen LogP contribution in [0.5, 0.6) is 5.75 Å². The summed E-state index contributed by atoms with van der Waals surface area (Å²) in [6.45, 7) is 1.19. The number of carbonyl (C=O) groups excluding carboxylic acids is 2. The average Bonchev–Trinajstić information content (AvgIpc) is 2.66. The van der Waals surface area contributed by atoms with Gasteiger partial charge >= 0.3 is 5.97 Å². The molecule has 7 heteroatoms. The summed E-state index contributed by atoms with van der Waals surface area (Å²) in [5.41, 5.74) is 1.90. The van der Waals surface area contributed by atoms with Crippen molar-refractivity contribution in [2.45, 2.75) is 0 Å². The standard InChI is InChI=1S/C20H23ClN2O4/c1-23(2)8-7-22-19(24)14-9-13(10-15(11-14)20(25)27-4)17-12-16(26-3)5-6-18(17)21/h5-6,9-12H,7-8H2,1-4H3,(H,22,24). The van der Waals surface area contributed by atoms with Crippen molar-refractivity contribution in [3.63, 3.8) is 0 Å². The number of carbonyl (C=O) groups is 2. The molecule has 0 radical (unpaired) electrons. The molecule has 0 spiro atoms. The maximum Gasteiger partial charge on any atom is 0.337 e. The van der Waals surface area contributed by atoms with Gasteiger partial charge in [-0.05, 0) is 56.1 Å². The molecule has 0 saturated carbocycles. The van der Waals surface area contributed by atoms with Crippen LogP contribution in [0.1, 0.15) is 20.7 Å². The molecule has 2 rings (SSSR count). The van der Waals surface area contributed by atoms with Gasteiger partial charge in [0.2, 0.25) is 0 Å². The van der Waals surface area contributed by atoms with Crippen molar-refractivity contribution < 1.29 is 19.1 Å². The fourth-order valence-corrected chi connectivity index (χ4v) is 2.72. The Balaban J connectivity index is 2.46. The fourth-order valence-electron chi connectivity index (χ4n) is 2.50. The molecule has 2 aromatic rings. The van der Waals surface area contributed by atoms with Crippen molar-refractivity contribution >= 4 is 23.5 Å². The SMILES string of the molecule is COC(=O)c1cc(C(=O)NCCN(C)C)cc(-c2cc(OC)ccc2Cl)c1. The molecular weight excluding hydrogens is 368 g/mol. The smallest absolute Gasteiger partial charge is 0.337 e. The molecule has 0 saturated heterocycles. The molecule has 0 atom stereocenters. The quantitative estimate of drug-likeness (QED) is 0.736. The Bertz CT molecular complexity index is 837. The number of likely N-dealkylation sites (N-methyl/N-ethyl adjacent to an activating group) is 1. The van der Waals surface area contributed by atoms with Crippen LogP contribution in [0.4, 0.5) is 0 Å². The molecule has 1 amide bonds. The molecule has 0 aliphatic carbocycles. The number of hydrogen-bond donors (Lipinski definition) is 1. The van der Waals surface area contributed by atoms with E-state index >= 15 is 0 Å². The Labute approximate surface area is 164 Å². The van der Waals surface area contributed by atoms with Crippen molar-refractivity contribution in [2.24, 2.45) is 0 Å². The van der Waals surface area contributed by atoms with E-state index in [1.807, 2.05) is 19.0 Å². The third kappa shape index (κ3) is 5.45. The van der Waals surface area contributed by atoms with Crippen LogP contribution in [0.2, 0.25) is 5.02 Å². The third-order valence-corrected chi connectivity index (χ3v) is 4.27. The Morgan fingerprint density at radius 1 is 1.07 bits per heavy atom. The lowest BCUT2D eigenvalue weighted by atomic mass is 9.99. The van der Waals surface area contributed by atoms with Crippen molar-refractivity contribution in [2.75, 3.05) is 41.4 Å². The second-order valence-corrected chi connectivity index (χ2v) is 6.60. The van der Waals surface area contributed by atoms with Crippen LogP contribution < -0.4 is 10.1 Å². The normalized spacial score (nSPS) is 10.6. The minimum absolute atomic E-state index is 0.270. The molecule has 0 fully saturated rings. The highest BCUT2D eigenvalue weighted by Gasteiger charge is 2.16. The maximum atomic E-state index is 12.5. The first-order chi connectivity index (χ1) is 12.8. The summed E-state index contributed by atoms with van der Waals surface area (Å²) in [7, 11) is 6.70. The molecule has 1 N–H and O–H groups in total. The number of ether oxygens (including phenoxy) is 2. The van der Waals surface area contributed by atoms with Gasteiger partial charge in [0.15, 0.2) is 0 Å². The number of rotatable bonds is 7. The van der Waals surface area contributed by atoms with Crippen LogP contribution in [0.15, 0.2) is 36.4 Å². The van der Waals surface area contributed by atoms with E-state index in [4.69, 9.17) is 21.1 Å². The zero-order valence-electron chi connectivity index (χ0n) is 15.8. The van der Waals surface area contributed by atoms with Crippen LogP contribution in [0.25, 0.3) is 11.1 Å². The molecule has 0 aromatic heterocycles. The van der Waals surface area contributed by atoms with Gasteiger partial charge in [0.25, 0.3) is 5.91 Å². The number of esters is 1. The van der Waals surface area contributed by atoms with Gasteiger partial charge in [-0.2, -0.15) is 0 Å². The van der Waals surface area contributed by atoms with Gasteiger partial charge in [-0.3, -0.25) is 4.79 Å². The number of benzene rings is 2. The largest absolute Gasteiger partial charge is 0.497 e. The number of hydrogen-bond acceptors (Lipinski definition) is 5. The number of nitrogens with zero attached hydrogens (tertiary/aromatic N) is 1. The topological polar surface area (TPSA) is 67.9 Å². The minimum atomic E-state index is -0.529. The Morgan fingerprint density at radius 2 is 1.78 bits per heavy atom. The Morgan fingerprint density at radius 3 is 2.41 bits per heavy atom. The molecule has 0 aliphatic rings. The fraction of sp³-hybridized carbons (Fsp3) is 0.300. The van der Waals surface area contributed by atoms with Crippen molar-refractivity contribution in [1.82, 2.24) is 10.2 Å². The summed E-state index contributed by atoms with van der Waals surface area (Å²) in [5.74, 6) is -0.184. The van der Waals surface area contributed by atoms with Gasteiger partial charge in [0.05, 0.1) is 19.8 Å². The summed E-state index contributed by atoms with van der Waals surface area (Å²) >= 11 is 6.33. The van der Waals surface area contributed by atoms with E-state index in [1.54, 1.807) is 37.4 Å². The molecule has 144 valence electrons. The lowest BCUT2D eigenvalue weighted by molar-refractivity contribution is 0.0600. The number of amides is 1. The van der Waals surface area contributed by atoms with Crippen molar-refractivity contribution in [3.05, 3.63) is 52.5 Å². The Hall–Kier alpha value is -2.57. The van der Waals surface area contributed by atoms with Gasteiger partial charge in [0, 0.05) is 29.2 Å². The molecule has 0 heterocycles. The van der Waals surface area contributed by atoms with Crippen LogP contribution in [-0.4, -0.2) is 58.2 Å². The van der Waals surface area contributed by atoms with E-state index < -0.39 is 5.97 Å². The minimum Gasteiger partial charge on any atom is -0.497 e. The highest BCUT2D eigenvalue weighted by atomic mass is 35.5. The molecular formula is C20H23ClN2O4. The summed E-state index contributed by atoms with van der Waals surface area (Å²) in [4.78, 5) is 26.6. The van der Waals surface area contributed by atoms with E-state index in [1.165, 1.54) is 13.2 Å². The zero-order chi connectivity index (χ0) is 20.0. The van der Waals surface area contributed by atoms with Crippen molar-refractivity contribution in [3.8, 4) is 16.9 Å². The maximum absolute atomic E-state index is 12.5. The lowest BCUT2D eigenvalue weighted by Gasteiger charge is -2.13. The first-order valence-corrected chi connectivity index (χ1v) is 8.73. The molecule has 0 aliphatic heterocycles. The van der Waals surface area contributed by atoms with Gasteiger partial charge < -0.3 is 19.7 Å². The van der Waals surface area contributed by atoms with E-state index in [2.05, 4.69) is 5.32 Å². The predicted molar refractivity (Wildman–Crippen MR) is 106 cm³/mol. The lowest BCUT2D eigenvalue weighted by Crippen LogP contribution is -2.31. The van der Waals surface area contributed by atoms with E-state index in [9.17, 15) is 9.59 Å². The van der Waals surface area contributed by atoms with E-state index in [0.717, 1.165) is 0 Å². The summed E-state index contributed by atoms with van der Waals surface area (Å²) in [6, 6.07) is 10.0. The van der Waals surface area contributed by atoms with Crippen molar-refractivity contribution in [1.29, 1.82) is 0 Å². The molecule has 0 bridgehead atoms. The van der Waals surface area contributed by atoms with Crippen LogP contribution in [0, 0.1) is 0 Å². The van der Waals surface area contributed by atoms with E-state index in [-0.39, 0.29) is 11.5 Å². The van der Waals surface area contributed by atoms with Gasteiger partial charge in [0.1, 0.15) is 5.75 Å². The Kier molecular flexibility index (Phi) is 7.21. The molecule has 0 unspecified atom stereocenters. The highest BCUT2D eigenvalue weighted by Crippen LogP contribution is 2.32. The number of nitrogens with one attached hydrogen (secondary N) is 1. The monoisotopic (exact) mass is 390 g/mol. The summed E-state index contributed by atoms with van der Waals surface area (Å²) < 4.78 is 10.1. The van der Waals surface area contributed by atoms with Gasteiger partial charge in [-0.1, -0.05) is 11.6 Å². The zero-order valence-corrected chi connectivity index (χ0v) is 16.6. The van der Waals surface area contributed by atoms with Crippen LogP contribution >= 0.6 is 11.6 Å². The highest BCUT2D eigenvalue weighted by molar-refractivity contribution is 6.33. The summed E-state index contributed by atoms with van der Waals surface area (Å²) in [6.07, 6.45) is 0. The second-order valence-electron chi connectivity index (χ2n) is 6.20. The third-order valence-electron chi connectivity index (χ3n) is 3.95. The first-order valence-electron chi connectivity index (χ1n) is 8.36. The van der Waals surface area contributed by atoms with Gasteiger partial charge in [-0.25, -0.2) is 4.79 Å². The van der Waals surface area contributed by atoms with Crippen LogP contribution in [-0.2, 0) is 4.74 Å². The first kappa shape index (κ1) is 20.7.